The van der Waals surface area contributed by atoms with E-state index < -0.39 is 0 Å². The van der Waals surface area contributed by atoms with Crippen LogP contribution in [0, 0.1) is 0 Å². The molecule has 0 saturated carbocycles. The predicted octanol–water partition coefficient (Wildman–Crippen LogP) is 15.2. The van der Waals surface area contributed by atoms with Crippen molar-refractivity contribution in [1.29, 1.82) is 0 Å². The standard InChI is InChI=1S/C52H32N2S2/c1-3-13-33(14-4-1)34-25-27-36(28-26-34)47-32-46(35-15-5-2-6-16-35)53-52(54-47)45-31-37(38-19-11-21-43-40-17-7-9-23-48(40)55-50(38)43)29-30-39(45)42-20-12-22-44-41-18-8-10-24-49(41)56-51(42)44/h1-32H. The minimum atomic E-state index is 0.701. The third-order valence-electron chi connectivity index (χ3n) is 10.8. The van der Waals surface area contributed by atoms with Crippen LogP contribution in [0.15, 0.2) is 194 Å². The van der Waals surface area contributed by atoms with Crippen LogP contribution in [-0.2, 0) is 0 Å². The average molecular weight is 749 g/mol. The zero-order valence-electron chi connectivity index (χ0n) is 30.2. The molecule has 0 radical (unpaired) electrons. The summed E-state index contributed by atoms with van der Waals surface area (Å²) in [4.78, 5) is 10.8. The maximum atomic E-state index is 5.44. The summed E-state index contributed by atoms with van der Waals surface area (Å²) in [6, 6.07) is 69.6. The van der Waals surface area contributed by atoms with Gasteiger partial charge in [-0.2, -0.15) is 0 Å². The summed E-state index contributed by atoms with van der Waals surface area (Å²) < 4.78 is 5.14. The summed E-state index contributed by atoms with van der Waals surface area (Å²) in [6.07, 6.45) is 0. The number of benzene rings is 8. The fourth-order valence-electron chi connectivity index (χ4n) is 8.00. The van der Waals surface area contributed by atoms with Crippen LogP contribution in [0.1, 0.15) is 0 Å². The minimum absolute atomic E-state index is 0.701. The van der Waals surface area contributed by atoms with E-state index in [-0.39, 0.29) is 0 Å². The number of thiophene rings is 2. The monoisotopic (exact) mass is 748 g/mol. The molecule has 0 spiro atoms. The minimum Gasteiger partial charge on any atom is -0.228 e. The Balaban J connectivity index is 1.16. The number of hydrogen-bond donors (Lipinski definition) is 0. The normalized spacial score (nSPS) is 11.6. The Labute approximate surface area is 332 Å². The van der Waals surface area contributed by atoms with Gasteiger partial charge < -0.3 is 0 Å². The zero-order valence-corrected chi connectivity index (χ0v) is 31.8. The first-order valence-corrected chi connectivity index (χ1v) is 20.4. The molecule has 0 bridgehead atoms. The molecular weight excluding hydrogens is 717 g/mol. The van der Waals surface area contributed by atoms with Crippen molar-refractivity contribution in [3.05, 3.63) is 194 Å². The SMILES string of the molecule is c1ccc(-c2ccc(-c3cc(-c4ccccc4)nc(-c4cc(-c5cccc6c5sc5ccccc56)ccc4-c4cccc5c4sc4ccccc45)n3)cc2)cc1. The fourth-order valence-corrected chi connectivity index (χ4v) is 10.5. The van der Waals surface area contributed by atoms with E-state index in [1.54, 1.807) is 0 Å². The largest absolute Gasteiger partial charge is 0.228 e. The van der Waals surface area contributed by atoms with E-state index in [0.717, 1.165) is 39.2 Å². The molecular formula is C52H32N2S2. The quantitative estimate of drug-likeness (QED) is 0.169. The maximum absolute atomic E-state index is 5.44. The van der Waals surface area contributed by atoms with Gasteiger partial charge in [0.2, 0.25) is 0 Å². The highest BCUT2D eigenvalue weighted by atomic mass is 32.1. The summed E-state index contributed by atoms with van der Waals surface area (Å²) >= 11 is 3.71. The van der Waals surface area contributed by atoms with E-state index in [1.807, 2.05) is 22.7 Å². The van der Waals surface area contributed by atoms with Gasteiger partial charge in [-0.05, 0) is 52.1 Å². The Morgan fingerprint density at radius 1 is 0.286 bits per heavy atom. The molecule has 2 nitrogen and oxygen atoms in total. The average Bonchev–Trinajstić information content (AvgIpc) is 3.86. The molecule has 0 unspecified atom stereocenters. The van der Waals surface area contributed by atoms with Gasteiger partial charge in [0.15, 0.2) is 5.82 Å². The highest BCUT2D eigenvalue weighted by molar-refractivity contribution is 7.26. The van der Waals surface area contributed by atoms with Gasteiger partial charge in [0, 0.05) is 62.6 Å². The van der Waals surface area contributed by atoms with Gasteiger partial charge in [0.25, 0.3) is 0 Å². The van der Waals surface area contributed by atoms with Crippen molar-refractivity contribution in [3.63, 3.8) is 0 Å². The van der Waals surface area contributed by atoms with Crippen molar-refractivity contribution in [3.8, 4) is 67.3 Å². The summed E-state index contributed by atoms with van der Waals surface area (Å²) in [5.74, 6) is 0.701. The number of aromatic nitrogens is 2. The summed E-state index contributed by atoms with van der Waals surface area (Å²) in [7, 11) is 0. The molecule has 0 aliphatic rings. The number of nitrogens with zero attached hydrogens (tertiary/aromatic N) is 2. The summed E-state index contributed by atoms with van der Waals surface area (Å²) in [5.41, 5.74) is 11.9. The molecule has 11 aromatic rings. The topological polar surface area (TPSA) is 25.8 Å². The Bertz CT molecular complexity index is 3230. The summed E-state index contributed by atoms with van der Waals surface area (Å²) in [6.45, 7) is 0. The molecule has 56 heavy (non-hydrogen) atoms. The lowest BCUT2D eigenvalue weighted by atomic mass is 9.93. The lowest BCUT2D eigenvalue weighted by molar-refractivity contribution is 1.18. The first kappa shape index (κ1) is 32.7. The van der Waals surface area contributed by atoms with Crippen molar-refractivity contribution < 1.29 is 0 Å². The lowest BCUT2D eigenvalue weighted by Gasteiger charge is -2.15. The van der Waals surface area contributed by atoms with Crippen LogP contribution >= 0.6 is 22.7 Å². The molecule has 0 N–H and O–H groups in total. The molecule has 11 rings (SSSR count). The number of fused-ring (bicyclic) bond motifs is 6. The van der Waals surface area contributed by atoms with Crippen LogP contribution in [-0.4, -0.2) is 9.97 Å². The Morgan fingerprint density at radius 2 is 0.750 bits per heavy atom. The summed E-state index contributed by atoms with van der Waals surface area (Å²) in [5, 5.41) is 5.13. The van der Waals surface area contributed by atoms with Gasteiger partial charge in [-0.15, -0.1) is 22.7 Å². The van der Waals surface area contributed by atoms with E-state index >= 15 is 0 Å². The molecule has 0 aliphatic heterocycles. The van der Waals surface area contributed by atoms with Gasteiger partial charge in [0.1, 0.15) is 0 Å². The number of rotatable bonds is 6. The molecule has 0 atom stereocenters. The van der Waals surface area contributed by atoms with Crippen LogP contribution in [0.3, 0.4) is 0 Å². The molecule has 0 fully saturated rings. The van der Waals surface area contributed by atoms with Crippen molar-refractivity contribution in [2.75, 3.05) is 0 Å². The zero-order chi connectivity index (χ0) is 37.0. The molecule has 8 aromatic carbocycles. The fraction of sp³-hybridized carbons (Fsp3) is 0. The van der Waals surface area contributed by atoms with Crippen LogP contribution in [0.25, 0.3) is 108 Å². The Kier molecular flexibility index (Phi) is 7.90. The van der Waals surface area contributed by atoms with Gasteiger partial charge in [-0.1, -0.05) is 170 Å². The van der Waals surface area contributed by atoms with Crippen molar-refractivity contribution in [2.24, 2.45) is 0 Å². The molecule has 0 aliphatic carbocycles. The molecule has 3 aromatic heterocycles. The predicted molar refractivity (Wildman–Crippen MR) is 240 cm³/mol. The molecule has 262 valence electrons. The van der Waals surface area contributed by atoms with E-state index in [1.165, 1.54) is 62.6 Å². The first-order valence-electron chi connectivity index (χ1n) is 18.8. The smallest absolute Gasteiger partial charge is 0.161 e. The van der Waals surface area contributed by atoms with Gasteiger partial charge >= 0.3 is 0 Å². The van der Waals surface area contributed by atoms with Gasteiger partial charge in [-0.25, -0.2) is 9.97 Å². The molecule has 0 saturated heterocycles. The van der Waals surface area contributed by atoms with E-state index in [9.17, 15) is 0 Å². The molecule has 4 heteroatoms. The highest BCUT2D eigenvalue weighted by Crippen LogP contribution is 2.46. The number of hydrogen-bond acceptors (Lipinski definition) is 4. The van der Waals surface area contributed by atoms with Crippen molar-refractivity contribution in [2.45, 2.75) is 0 Å². The van der Waals surface area contributed by atoms with E-state index in [0.29, 0.717) is 5.82 Å². The second kappa shape index (κ2) is 13.5. The lowest BCUT2D eigenvalue weighted by Crippen LogP contribution is -1.98. The Hall–Kier alpha value is -6.72. The van der Waals surface area contributed by atoms with Gasteiger partial charge in [-0.3, -0.25) is 0 Å². The molecule has 3 heterocycles. The third-order valence-corrected chi connectivity index (χ3v) is 13.2. The van der Waals surface area contributed by atoms with Gasteiger partial charge in [0.05, 0.1) is 11.4 Å². The van der Waals surface area contributed by atoms with Crippen molar-refractivity contribution in [1.82, 2.24) is 9.97 Å². The Morgan fingerprint density at radius 3 is 1.39 bits per heavy atom. The van der Waals surface area contributed by atoms with E-state index in [2.05, 4.69) is 194 Å². The first-order chi connectivity index (χ1) is 27.7. The third kappa shape index (κ3) is 5.62. The second-order valence-corrected chi connectivity index (χ2v) is 16.2. The van der Waals surface area contributed by atoms with Crippen LogP contribution in [0.5, 0.6) is 0 Å². The maximum Gasteiger partial charge on any atom is 0.161 e. The van der Waals surface area contributed by atoms with Crippen molar-refractivity contribution >= 4 is 63.0 Å². The molecule has 0 amide bonds. The van der Waals surface area contributed by atoms with Crippen LogP contribution < -0.4 is 0 Å². The second-order valence-electron chi connectivity index (χ2n) is 14.1. The van der Waals surface area contributed by atoms with Crippen LogP contribution in [0.2, 0.25) is 0 Å². The van der Waals surface area contributed by atoms with Crippen LogP contribution in [0.4, 0.5) is 0 Å². The highest BCUT2D eigenvalue weighted by Gasteiger charge is 2.20. The van der Waals surface area contributed by atoms with E-state index in [4.69, 9.17) is 9.97 Å².